The van der Waals surface area contributed by atoms with Crippen LogP contribution in [0.5, 0.6) is 5.75 Å². The lowest BCUT2D eigenvalue weighted by Crippen LogP contribution is -2.29. The molecule has 1 unspecified atom stereocenters. The molecule has 1 saturated carbocycles. The van der Waals surface area contributed by atoms with Crippen LogP contribution < -0.4 is 4.74 Å². The molecule has 190 valence electrons. The van der Waals surface area contributed by atoms with Crippen LogP contribution in [0.1, 0.15) is 85.3 Å². The summed E-state index contributed by atoms with van der Waals surface area (Å²) >= 11 is 5.29. The minimum absolute atomic E-state index is 0.159. The van der Waals surface area contributed by atoms with Crippen molar-refractivity contribution in [2.75, 3.05) is 0 Å². The number of aromatic nitrogens is 1. The van der Waals surface area contributed by atoms with Gasteiger partial charge in [0.15, 0.2) is 11.0 Å². The van der Waals surface area contributed by atoms with Crippen molar-refractivity contribution in [1.82, 2.24) is 4.98 Å². The van der Waals surface area contributed by atoms with E-state index in [2.05, 4.69) is 37.0 Å². The van der Waals surface area contributed by atoms with E-state index in [0.29, 0.717) is 29.8 Å². The van der Waals surface area contributed by atoms with Crippen molar-refractivity contribution in [3.8, 4) is 5.75 Å². The number of rotatable bonds is 7. The van der Waals surface area contributed by atoms with E-state index in [0.717, 1.165) is 35.1 Å². The average Bonchev–Trinajstić information content (AvgIpc) is 3.46. The van der Waals surface area contributed by atoms with Crippen LogP contribution in [0.15, 0.2) is 72.8 Å². The van der Waals surface area contributed by atoms with Crippen LogP contribution in [-0.2, 0) is 16.1 Å². The summed E-state index contributed by atoms with van der Waals surface area (Å²) in [5.41, 5.74) is 5.56. The molecule has 1 N–H and O–H groups in total. The predicted molar refractivity (Wildman–Crippen MR) is 148 cm³/mol. The molecule has 0 bridgehead atoms. The number of aliphatic hydroxyl groups excluding tert-OH is 1. The number of thiocarbonyl (C=S) groups is 1. The van der Waals surface area contributed by atoms with Crippen LogP contribution in [-0.4, -0.2) is 20.9 Å². The molecular formula is C31H31NO4S. The monoisotopic (exact) mass is 513 g/mol. The Morgan fingerprint density at radius 2 is 1.86 bits per heavy atom. The number of benzene rings is 2. The first kappa shape index (κ1) is 25.2. The Hall–Kier alpha value is -3.51. The molecule has 1 aromatic heterocycles. The van der Waals surface area contributed by atoms with E-state index in [1.54, 1.807) is 12.4 Å². The highest BCUT2D eigenvalue weighted by atomic mass is 32.1. The molecule has 2 aromatic carbocycles. The molecule has 2 heterocycles. The van der Waals surface area contributed by atoms with Crippen LogP contribution in [0.2, 0.25) is 0 Å². The van der Waals surface area contributed by atoms with Crippen LogP contribution >= 0.6 is 12.2 Å². The lowest BCUT2D eigenvalue weighted by molar-refractivity contribution is -0.138. The molecule has 5 nitrogen and oxygen atoms in total. The molecule has 6 heteroatoms. The maximum absolute atomic E-state index is 12.6. The average molecular weight is 514 g/mol. The van der Waals surface area contributed by atoms with E-state index in [1.165, 1.54) is 18.4 Å². The number of hydrogen-bond acceptors (Lipinski definition) is 6. The summed E-state index contributed by atoms with van der Waals surface area (Å²) in [5.74, 6) is 0.570. The quantitative estimate of drug-likeness (QED) is 0.263. The van der Waals surface area contributed by atoms with E-state index in [-0.39, 0.29) is 10.6 Å². The van der Waals surface area contributed by atoms with E-state index in [4.69, 9.17) is 21.7 Å². The Labute approximate surface area is 223 Å². The number of hydrogen-bond donors (Lipinski definition) is 1. The minimum atomic E-state index is -0.769. The second-order valence-corrected chi connectivity index (χ2v) is 10.5. The second kappa shape index (κ2) is 10.9. The molecule has 1 atom stereocenters. The Bertz CT molecular complexity index is 1330. The SMILES string of the molecule is CC(C)c1ccc(C2CCCC2)c(C2=C(O)C(=S)C(=O)OC2c2ccc(OCc3cccnc3)cc2)c1. The Kier molecular flexibility index (Phi) is 7.38. The van der Waals surface area contributed by atoms with Gasteiger partial charge in [0, 0.05) is 23.5 Å². The lowest BCUT2D eigenvalue weighted by atomic mass is 9.82. The van der Waals surface area contributed by atoms with E-state index in [9.17, 15) is 9.90 Å². The lowest BCUT2D eigenvalue weighted by Gasteiger charge is -2.30. The number of ether oxygens (including phenoxy) is 2. The van der Waals surface area contributed by atoms with Crippen molar-refractivity contribution >= 4 is 28.6 Å². The Morgan fingerprint density at radius 3 is 2.54 bits per heavy atom. The first-order valence-corrected chi connectivity index (χ1v) is 13.3. The standard InChI is InChI=1S/C31H31NO4S/c1-19(2)23-11-14-25(21-7-3-4-8-21)26(16-23)27-28(33)30(37)31(34)36-29(27)22-9-12-24(13-10-22)35-18-20-6-5-15-32-17-20/h5-6,9-17,19,21,29,33H,3-4,7-8,18H2,1-2H3. The van der Waals surface area contributed by atoms with Gasteiger partial charge >= 0.3 is 5.97 Å². The van der Waals surface area contributed by atoms with Crippen molar-refractivity contribution in [1.29, 1.82) is 0 Å². The molecule has 0 amide bonds. The first-order chi connectivity index (χ1) is 17.9. The topological polar surface area (TPSA) is 68.7 Å². The fourth-order valence-electron chi connectivity index (χ4n) is 5.21. The number of carbonyl (C=O) groups excluding carboxylic acids is 1. The number of pyridine rings is 1. The fraction of sp³-hybridized carbons (Fsp3) is 0.323. The highest BCUT2D eigenvalue weighted by Crippen LogP contribution is 2.45. The molecule has 2 aliphatic rings. The highest BCUT2D eigenvalue weighted by molar-refractivity contribution is 7.82. The summed E-state index contributed by atoms with van der Waals surface area (Å²) in [6.45, 7) is 4.70. The fourth-order valence-corrected chi connectivity index (χ4v) is 5.37. The van der Waals surface area contributed by atoms with E-state index < -0.39 is 12.1 Å². The molecule has 0 radical (unpaired) electrons. The maximum atomic E-state index is 12.6. The van der Waals surface area contributed by atoms with Crippen molar-refractivity contribution < 1.29 is 19.4 Å². The molecule has 1 aliphatic carbocycles. The van der Waals surface area contributed by atoms with Gasteiger partial charge in [-0.1, -0.05) is 75.3 Å². The normalized spacial score (nSPS) is 18.4. The number of cyclic esters (lactones) is 1. The third-order valence-electron chi connectivity index (χ3n) is 7.28. The second-order valence-electron chi connectivity index (χ2n) is 10.1. The maximum Gasteiger partial charge on any atom is 0.353 e. The van der Waals surface area contributed by atoms with Gasteiger partial charge in [-0.05, 0) is 65.1 Å². The van der Waals surface area contributed by atoms with Gasteiger partial charge in [-0.25, -0.2) is 4.79 Å². The number of aliphatic hydroxyl groups is 1. The van der Waals surface area contributed by atoms with Crippen LogP contribution in [0.25, 0.3) is 5.57 Å². The van der Waals surface area contributed by atoms with Crippen molar-refractivity contribution in [2.45, 2.75) is 64.1 Å². The molecule has 1 fully saturated rings. The molecule has 5 rings (SSSR count). The molecule has 0 saturated heterocycles. The van der Waals surface area contributed by atoms with Gasteiger partial charge in [0.25, 0.3) is 0 Å². The number of carbonyl (C=O) groups is 1. The summed E-state index contributed by atoms with van der Waals surface area (Å²) in [7, 11) is 0. The molecule has 37 heavy (non-hydrogen) atoms. The molecular weight excluding hydrogens is 482 g/mol. The smallest absolute Gasteiger partial charge is 0.353 e. The zero-order valence-electron chi connectivity index (χ0n) is 21.1. The molecule has 3 aromatic rings. The summed E-state index contributed by atoms with van der Waals surface area (Å²) in [6.07, 6.45) is 7.34. The third kappa shape index (κ3) is 5.30. The van der Waals surface area contributed by atoms with Gasteiger partial charge in [0.1, 0.15) is 18.1 Å². The predicted octanol–water partition coefficient (Wildman–Crippen LogP) is 7.38. The summed E-state index contributed by atoms with van der Waals surface area (Å²) in [6, 6.07) is 17.8. The Morgan fingerprint density at radius 1 is 1.11 bits per heavy atom. The van der Waals surface area contributed by atoms with Gasteiger partial charge in [-0.2, -0.15) is 0 Å². The van der Waals surface area contributed by atoms with Crippen LogP contribution in [0.4, 0.5) is 0 Å². The van der Waals surface area contributed by atoms with Gasteiger partial charge in [-0.15, -0.1) is 0 Å². The summed E-state index contributed by atoms with van der Waals surface area (Å²) in [5, 5.41) is 11.3. The zero-order chi connectivity index (χ0) is 25.9. The summed E-state index contributed by atoms with van der Waals surface area (Å²) < 4.78 is 11.8. The van der Waals surface area contributed by atoms with Gasteiger partial charge < -0.3 is 14.6 Å². The van der Waals surface area contributed by atoms with Crippen molar-refractivity contribution in [2.24, 2.45) is 0 Å². The molecule has 1 aliphatic heterocycles. The van der Waals surface area contributed by atoms with E-state index >= 15 is 0 Å². The van der Waals surface area contributed by atoms with Gasteiger partial charge in [0.05, 0.1) is 0 Å². The number of nitrogens with zero attached hydrogens (tertiary/aromatic N) is 1. The zero-order valence-corrected chi connectivity index (χ0v) is 22.0. The number of esters is 1. The van der Waals surface area contributed by atoms with Gasteiger partial charge in [-0.3, -0.25) is 4.98 Å². The summed E-state index contributed by atoms with van der Waals surface area (Å²) in [4.78, 5) is 16.6. The van der Waals surface area contributed by atoms with Crippen LogP contribution in [0.3, 0.4) is 0 Å². The van der Waals surface area contributed by atoms with Crippen molar-refractivity contribution in [3.63, 3.8) is 0 Å². The van der Waals surface area contributed by atoms with Gasteiger partial charge in [0.2, 0.25) is 0 Å². The third-order valence-corrected chi connectivity index (χ3v) is 7.64. The van der Waals surface area contributed by atoms with E-state index in [1.807, 2.05) is 36.4 Å². The largest absolute Gasteiger partial charge is 0.506 e. The Balaban J connectivity index is 1.52. The van der Waals surface area contributed by atoms with Crippen molar-refractivity contribution in [3.05, 3.63) is 101 Å². The van der Waals surface area contributed by atoms with Crippen LogP contribution in [0, 0.1) is 0 Å². The highest BCUT2D eigenvalue weighted by Gasteiger charge is 2.37. The first-order valence-electron chi connectivity index (χ1n) is 12.9. The molecule has 0 spiro atoms. The minimum Gasteiger partial charge on any atom is -0.506 e.